The number of carbonyl (C=O) groups is 1. The Morgan fingerprint density at radius 2 is 1.70 bits per heavy atom. The third kappa shape index (κ3) is 3.69. The fourth-order valence-corrected chi connectivity index (χ4v) is 3.14. The van der Waals surface area contributed by atoms with Gasteiger partial charge in [0.25, 0.3) is 0 Å². The zero-order valence-electron chi connectivity index (χ0n) is 13.5. The van der Waals surface area contributed by atoms with Crippen LogP contribution in [0.4, 0.5) is 0 Å². The summed E-state index contributed by atoms with van der Waals surface area (Å²) in [4.78, 5) is 12.5. The number of Topliss-reactive ketones (excluding diaryl/α,β-unsaturated/α-hetero) is 1. The molecule has 1 N–H and O–H groups in total. The van der Waals surface area contributed by atoms with Crippen molar-refractivity contribution in [3.8, 4) is 0 Å². The first-order chi connectivity index (χ1) is 11.2. The Labute approximate surface area is 137 Å². The number of nitrogens with one attached hydrogen (secondary N) is 1. The van der Waals surface area contributed by atoms with Crippen molar-refractivity contribution in [2.24, 2.45) is 0 Å². The van der Waals surface area contributed by atoms with Gasteiger partial charge in [-0.3, -0.25) is 10.1 Å². The lowest BCUT2D eigenvalue weighted by atomic mass is 9.82. The highest BCUT2D eigenvalue weighted by Crippen LogP contribution is 2.31. The van der Waals surface area contributed by atoms with Crippen molar-refractivity contribution in [3.63, 3.8) is 0 Å². The molecular weight excluding hydrogens is 286 g/mol. The summed E-state index contributed by atoms with van der Waals surface area (Å²) in [7, 11) is 0. The predicted molar refractivity (Wildman–Crippen MR) is 91.7 cm³/mol. The van der Waals surface area contributed by atoms with Gasteiger partial charge in [-0.2, -0.15) is 0 Å². The highest BCUT2D eigenvalue weighted by atomic mass is 16.5. The van der Waals surface area contributed by atoms with Crippen LogP contribution >= 0.6 is 0 Å². The standard InChI is InChI=1S/C20H23NO2/c1-16-7-9-17(10-8-16)19(22)15-21-20(11-13-23-14-12-20)18-5-3-2-4-6-18/h2-10,21H,11-15H2,1H3. The first-order valence-corrected chi connectivity index (χ1v) is 8.18. The number of hydrogen-bond donors (Lipinski definition) is 1. The molecule has 2 aromatic rings. The van der Waals surface area contributed by atoms with Crippen molar-refractivity contribution in [2.75, 3.05) is 19.8 Å². The molecule has 3 rings (SSSR count). The van der Waals surface area contributed by atoms with E-state index in [4.69, 9.17) is 4.74 Å². The van der Waals surface area contributed by atoms with E-state index >= 15 is 0 Å². The van der Waals surface area contributed by atoms with Crippen LogP contribution in [0.1, 0.15) is 34.3 Å². The van der Waals surface area contributed by atoms with Crippen LogP contribution in [-0.2, 0) is 10.3 Å². The Bertz CT molecular complexity index is 643. The molecule has 1 aliphatic rings. The molecule has 3 nitrogen and oxygen atoms in total. The van der Waals surface area contributed by atoms with Crippen molar-refractivity contribution in [2.45, 2.75) is 25.3 Å². The molecule has 0 amide bonds. The molecule has 0 unspecified atom stereocenters. The van der Waals surface area contributed by atoms with E-state index in [1.165, 1.54) is 11.1 Å². The molecule has 120 valence electrons. The van der Waals surface area contributed by atoms with Crippen LogP contribution in [0.2, 0.25) is 0 Å². The van der Waals surface area contributed by atoms with Gasteiger partial charge in [-0.1, -0.05) is 60.2 Å². The summed E-state index contributed by atoms with van der Waals surface area (Å²) >= 11 is 0. The van der Waals surface area contributed by atoms with Crippen molar-refractivity contribution in [3.05, 3.63) is 71.3 Å². The van der Waals surface area contributed by atoms with Gasteiger partial charge < -0.3 is 4.74 Å². The van der Waals surface area contributed by atoms with E-state index in [1.54, 1.807) is 0 Å². The Kier molecular flexibility index (Phi) is 4.89. The molecular formula is C20H23NO2. The van der Waals surface area contributed by atoms with E-state index in [-0.39, 0.29) is 11.3 Å². The maximum absolute atomic E-state index is 12.5. The first kappa shape index (κ1) is 15.9. The normalized spacial score (nSPS) is 16.9. The molecule has 1 saturated heterocycles. The van der Waals surface area contributed by atoms with Crippen molar-refractivity contribution < 1.29 is 9.53 Å². The lowest BCUT2D eigenvalue weighted by Crippen LogP contribution is -2.48. The maximum atomic E-state index is 12.5. The van der Waals surface area contributed by atoms with Crippen molar-refractivity contribution in [1.29, 1.82) is 0 Å². The van der Waals surface area contributed by atoms with Crippen LogP contribution in [0.3, 0.4) is 0 Å². The van der Waals surface area contributed by atoms with Crippen LogP contribution in [0.15, 0.2) is 54.6 Å². The van der Waals surface area contributed by atoms with Crippen molar-refractivity contribution >= 4 is 5.78 Å². The van der Waals surface area contributed by atoms with E-state index in [0.717, 1.165) is 31.6 Å². The molecule has 0 bridgehead atoms. The second-order valence-electron chi connectivity index (χ2n) is 6.20. The molecule has 0 radical (unpaired) electrons. The molecule has 1 fully saturated rings. The lowest BCUT2D eigenvalue weighted by molar-refractivity contribution is 0.0364. The summed E-state index contributed by atoms with van der Waals surface area (Å²) in [5, 5.41) is 3.53. The summed E-state index contributed by atoms with van der Waals surface area (Å²) in [6.45, 7) is 3.82. The first-order valence-electron chi connectivity index (χ1n) is 8.18. The van der Waals surface area contributed by atoms with Gasteiger partial charge in [-0.15, -0.1) is 0 Å². The molecule has 1 heterocycles. The SMILES string of the molecule is Cc1ccc(C(=O)CNC2(c3ccccc3)CCOCC2)cc1. The Balaban J connectivity index is 1.74. The van der Waals surface area contributed by atoms with E-state index < -0.39 is 0 Å². The summed E-state index contributed by atoms with van der Waals surface area (Å²) in [5.74, 6) is 0.131. The molecule has 3 heteroatoms. The van der Waals surface area contributed by atoms with Gasteiger partial charge in [0, 0.05) is 24.3 Å². The molecule has 0 aliphatic carbocycles. The minimum absolute atomic E-state index is 0.131. The summed E-state index contributed by atoms with van der Waals surface area (Å²) in [6.07, 6.45) is 1.77. The predicted octanol–water partition coefficient (Wildman–Crippen LogP) is 3.47. The topological polar surface area (TPSA) is 38.3 Å². The van der Waals surface area contributed by atoms with Crippen LogP contribution in [0.25, 0.3) is 0 Å². The number of ether oxygens (including phenoxy) is 1. The molecule has 1 aliphatic heterocycles. The third-order valence-corrected chi connectivity index (χ3v) is 4.63. The quantitative estimate of drug-likeness (QED) is 0.860. The van der Waals surface area contributed by atoms with Crippen molar-refractivity contribution in [1.82, 2.24) is 5.32 Å². The highest BCUT2D eigenvalue weighted by molar-refractivity contribution is 5.97. The summed E-state index contributed by atoms with van der Waals surface area (Å²) in [5.41, 5.74) is 3.00. The van der Waals surface area contributed by atoms with Crippen LogP contribution in [0.5, 0.6) is 0 Å². The van der Waals surface area contributed by atoms with Gasteiger partial charge >= 0.3 is 0 Å². The molecule has 0 saturated carbocycles. The smallest absolute Gasteiger partial charge is 0.176 e. The fourth-order valence-electron chi connectivity index (χ4n) is 3.14. The molecule has 0 spiro atoms. The average molecular weight is 309 g/mol. The number of aryl methyl sites for hydroxylation is 1. The maximum Gasteiger partial charge on any atom is 0.176 e. The minimum Gasteiger partial charge on any atom is -0.381 e. The second-order valence-corrected chi connectivity index (χ2v) is 6.20. The zero-order valence-corrected chi connectivity index (χ0v) is 13.5. The average Bonchev–Trinajstić information content (AvgIpc) is 2.62. The number of carbonyl (C=O) groups excluding carboxylic acids is 1. The number of rotatable bonds is 5. The van der Waals surface area contributed by atoms with Crippen LogP contribution in [0, 0.1) is 6.92 Å². The molecule has 0 aromatic heterocycles. The Hall–Kier alpha value is -1.97. The van der Waals surface area contributed by atoms with E-state index in [9.17, 15) is 4.79 Å². The summed E-state index contributed by atoms with van der Waals surface area (Å²) < 4.78 is 5.53. The monoisotopic (exact) mass is 309 g/mol. The number of benzene rings is 2. The largest absolute Gasteiger partial charge is 0.381 e. The molecule has 23 heavy (non-hydrogen) atoms. The minimum atomic E-state index is -0.167. The van der Waals surface area contributed by atoms with Gasteiger partial charge in [0.2, 0.25) is 0 Å². The van der Waals surface area contributed by atoms with Crippen LogP contribution in [-0.4, -0.2) is 25.5 Å². The third-order valence-electron chi connectivity index (χ3n) is 4.63. The zero-order chi connectivity index (χ0) is 16.1. The fraction of sp³-hybridized carbons (Fsp3) is 0.350. The molecule has 2 aromatic carbocycles. The van der Waals surface area contributed by atoms with Gasteiger partial charge in [0.1, 0.15) is 0 Å². The second kappa shape index (κ2) is 7.07. The van der Waals surface area contributed by atoms with Gasteiger partial charge in [-0.25, -0.2) is 0 Å². The number of ketones is 1. The van der Waals surface area contributed by atoms with Gasteiger partial charge in [0.05, 0.1) is 6.54 Å². The van der Waals surface area contributed by atoms with Crippen LogP contribution < -0.4 is 5.32 Å². The lowest BCUT2D eigenvalue weighted by Gasteiger charge is -2.38. The van der Waals surface area contributed by atoms with Gasteiger partial charge in [0.15, 0.2) is 5.78 Å². The summed E-state index contributed by atoms with van der Waals surface area (Å²) in [6, 6.07) is 18.2. The highest BCUT2D eigenvalue weighted by Gasteiger charge is 2.34. The van der Waals surface area contributed by atoms with E-state index in [2.05, 4.69) is 29.6 Å². The van der Waals surface area contributed by atoms with E-state index in [0.29, 0.717) is 6.54 Å². The Morgan fingerprint density at radius 1 is 1.04 bits per heavy atom. The van der Waals surface area contributed by atoms with E-state index in [1.807, 2.05) is 37.3 Å². The number of hydrogen-bond acceptors (Lipinski definition) is 3. The van der Waals surface area contributed by atoms with Gasteiger partial charge in [-0.05, 0) is 25.3 Å². The molecule has 0 atom stereocenters. The Morgan fingerprint density at radius 3 is 2.35 bits per heavy atom.